The molecule has 0 spiro atoms. The highest BCUT2D eigenvalue weighted by atomic mass is 32.2. The lowest BCUT2D eigenvalue weighted by Gasteiger charge is -2.03. The number of nitrogens with one attached hydrogen (secondary N) is 1. The summed E-state index contributed by atoms with van der Waals surface area (Å²) in [5, 5.41) is 5.17. The molecule has 2 aromatic rings. The van der Waals surface area contributed by atoms with Gasteiger partial charge in [0, 0.05) is 30.1 Å². The molecule has 0 aliphatic carbocycles. The van der Waals surface area contributed by atoms with Crippen LogP contribution in [0.5, 0.6) is 0 Å². The first-order valence-electron chi connectivity index (χ1n) is 5.09. The Morgan fingerprint density at radius 1 is 1.38 bits per heavy atom. The van der Waals surface area contributed by atoms with Gasteiger partial charge in [-0.25, -0.2) is 9.97 Å². The van der Waals surface area contributed by atoms with E-state index < -0.39 is 0 Å². The van der Waals surface area contributed by atoms with Gasteiger partial charge in [-0.15, -0.1) is 11.3 Å². The predicted octanol–water partition coefficient (Wildman–Crippen LogP) is 3.26. The molecular formula is C11H13N3S2. The van der Waals surface area contributed by atoms with Crippen LogP contribution in [0.2, 0.25) is 0 Å². The summed E-state index contributed by atoms with van der Waals surface area (Å²) in [6.45, 7) is 2.97. The molecular weight excluding hydrogens is 238 g/mol. The average Bonchev–Trinajstić information content (AvgIpc) is 2.82. The summed E-state index contributed by atoms with van der Waals surface area (Å²) >= 11 is 3.42. The maximum absolute atomic E-state index is 4.33. The van der Waals surface area contributed by atoms with Gasteiger partial charge in [0.1, 0.15) is 10.2 Å². The van der Waals surface area contributed by atoms with Crippen molar-refractivity contribution in [3.05, 3.63) is 35.5 Å². The smallest absolute Gasteiger partial charge is 0.150 e. The van der Waals surface area contributed by atoms with E-state index in [1.54, 1.807) is 23.1 Å². The number of thioether (sulfide) groups is 1. The Morgan fingerprint density at radius 2 is 2.31 bits per heavy atom. The van der Waals surface area contributed by atoms with E-state index in [1.807, 2.05) is 23.8 Å². The van der Waals surface area contributed by atoms with E-state index >= 15 is 0 Å². The third kappa shape index (κ3) is 3.21. The zero-order valence-electron chi connectivity index (χ0n) is 9.01. The number of hydrogen-bond acceptors (Lipinski definition) is 5. The van der Waals surface area contributed by atoms with Crippen molar-refractivity contribution in [3.8, 4) is 0 Å². The van der Waals surface area contributed by atoms with E-state index in [0.29, 0.717) is 0 Å². The Labute approximate surface area is 103 Å². The topological polar surface area (TPSA) is 37.8 Å². The first kappa shape index (κ1) is 11.4. The summed E-state index contributed by atoms with van der Waals surface area (Å²) in [6, 6.07) is 4.12. The van der Waals surface area contributed by atoms with Gasteiger partial charge in [-0.3, -0.25) is 0 Å². The number of rotatable bonds is 5. The molecule has 2 aromatic heterocycles. The zero-order valence-corrected chi connectivity index (χ0v) is 10.6. The third-order valence-electron chi connectivity index (χ3n) is 1.95. The Balaban J connectivity index is 1.90. The van der Waals surface area contributed by atoms with Crippen LogP contribution in [-0.4, -0.2) is 16.5 Å². The molecule has 1 N–H and O–H groups in total. The average molecular weight is 251 g/mol. The molecule has 0 amide bonds. The van der Waals surface area contributed by atoms with Gasteiger partial charge in [-0.1, -0.05) is 17.8 Å². The predicted molar refractivity (Wildman–Crippen MR) is 70.1 cm³/mol. The van der Waals surface area contributed by atoms with Crippen molar-refractivity contribution < 1.29 is 0 Å². The second-order valence-corrected chi connectivity index (χ2v) is 5.29. The van der Waals surface area contributed by atoms with Crippen LogP contribution in [0.15, 0.2) is 34.2 Å². The van der Waals surface area contributed by atoms with Gasteiger partial charge >= 0.3 is 0 Å². The third-order valence-corrected chi connectivity index (χ3v) is 3.99. The fourth-order valence-electron chi connectivity index (χ4n) is 1.22. The van der Waals surface area contributed by atoms with Crippen LogP contribution in [0.4, 0.5) is 5.82 Å². The Hall–Kier alpha value is -1.07. The van der Waals surface area contributed by atoms with Crippen LogP contribution in [0.3, 0.4) is 0 Å². The first-order chi connectivity index (χ1) is 7.88. The molecule has 2 rings (SSSR count). The zero-order chi connectivity index (χ0) is 11.2. The largest absolute Gasteiger partial charge is 0.370 e. The van der Waals surface area contributed by atoms with E-state index in [0.717, 1.165) is 22.5 Å². The SMILES string of the molecule is CCNc1ccc(CSc2nccs2)cn1. The summed E-state index contributed by atoms with van der Waals surface area (Å²) in [4.78, 5) is 8.55. The van der Waals surface area contributed by atoms with Gasteiger partial charge in [-0.2, -0.15) is 0 Å². The highest BCUT2D eigenvalue weighted by Gasteiger charge is 1.99. The van der Waals surface area contributed by atoms with Crippen LogP contribution in [0.25, 0.3) is 0 Å². The highest BCUT2D eigenvalue weighted by Crippen LogP contribution is 2.24. The molecule has 0 unspecified atom stereocenters. The fourth-order valence-corrected chi connectivity index (χ4v) is 2.79. The van der Waals surface area contributed by atoms with Gasteiger partial charge in [0.15, 0.2) is 0 Å². The normalized spacial score (nSPS) is 10.3. The molecule has 16 heavy (non-hydrogen) atoms. The van der Waals surface area contributed by atoms with Gasteiger partial charge in [0.05, 0.1) is 0 Å². The van der Waals surface area contributed by atoms with Crippen LogP contribution < -0.4 is 5.32 Å². The molecule has 0 atom stereocenters. The summed E-state index contributed by atoms with van der Waals surface area (Å²) in [5.74, 6) is 1.86. The maximum Gasteiger partial charge on any atom is 0.150 e. The van der Waals surface area contributed by atoms with Crippen LogP contribution >= 0.6 is 23.1 Å². The minimum Gasteiger partial charge on any atom is -0.370 e. The minimum absolute atomic E-state index is 0.903. The molecule has 0 aliphatic rings. The second-order valence-electron chi connectivity index (χ2n) is 3.17. The van der Waals surface area contributed by atoms with Crippen molar-refractivity contribution in [3.63, 3.8) is 0 Å². The maximum atomic E-state index is 4.33. The molecule has 0 saturated carbocycles. The molecule has 84 valence electrons. The van der Waals surface area contributed by atoms with Crippen LogP contribution in [0.1, 0.15) is 12.5 Å². The molecule has 3 nitrogen and oxygen atoms in total. The highest BCUT2D eigenvalue weighted by molar-refractivity contribution is 8.00. The van der Waals surface area contributed by atoms with Gasteiger partial charge in [-0.05, 0) is 18.6 Å². The van der Waals surface area contributed by atoms with Crippen molar-refractivity contribution in [1.82, 2.24) is 9.97 Å². The molecule has 0 fully saturated rings. The lowest BCUT2D eigenvalue weighted by molar-refractivity contribution is 1.14. The summed E-state index contributed by atoms with van der Waals surface area (Å²) in [5.41, 5.74) is 1.22. The number of nitrogens with zero attached hydrogens (tertiary/aromatic N) is 2. The van der Waals surface area contributed by atoms with Crippen LogP contribution in [-0.2, 0) is 5.75 Å². The minimum atomic E-state index is 0.903. The number of anilines is 1. The first-order valence-corrected chi connectivity index (χ1v) is 6.96. The molecule has 0 bridgehead atoms. The summed E-state index contributed by atoms with van der Waals surface area (Å²) < 4.78 is 1.11. The quantitative estimate of drug-likeness (QED) is 0.828. The summed E-state index contributed by atoms with van der Waals surface area (Å²) in [7, 11) is 0. The Bertz CT molecular complexity index is 411. The number of aromatic nitrogens is 2. The number of hydrogen-bond donors (Lipinski definition) is 1. The second kappa shape index (κ2) is 5.86. The lowest BCUT2D eigenvalue weighted by Crippen LogP contribution is -1.98. The van der Waals surface area contributed by atoms with Crippen LogP contribution in [0, 0.1) is 0 Å². The molecule has 0 saturated heterocycles. The number of thiazole rings is 1. The van der Waals surface area contributed by atoms with Crippen molar-refractivity contribution in [2.24, 2.45) is 0 Å². The monoisotopic (exact) mass is 251 g/mol. The van der Waals surface area contributed by atoms with Crippen molar-refractivity contribution in [2.45, 2.75) is 17.0 Å². The Kier molecular flexibility index (Phi) is 4.18. The molecule has 5 heteroatoms. The molecule has 0 aliphatic heterocycles. The number of pyridine rings is 1. The standard InChI is InChI=1S/C11H13N3S2/c1-2-12-10-4-3-9(7-14-10)8-16-11-13-5-6-15-11/h3-7H,2,8H2,1H3,(H,12,14). The summed E-state index contributed by atoms with van der Waals surface area (Å²) in [6.07, 6.45) is 3.75. The molecule has 0 aromatic carbocycles. The van der Waals surface area contributed by atoms with E-state index in [-0.39, 0.29) is 0 Å². The van der Waals surface area contributed by atoms with Crippen molar-refractivity contribution in [1.29, 1.82) is 0 Å². The van der Waals surface area contributed by atoms with Gasteiger partial charge in [0.2, 0.25) is 0 Å². The molecule has 2 heterocycles. The van der Waals surface area contributed by atoms with Gasteiger partial charge < -0.3 is 5.32 Å². The van der Waals surface area contributed by atoms with Crippen molar-refractivity contribution in [2.75, 3.05) is 11.9 Å². The lowest BCUT2D eigenvalue weighted by atomic mass is 10.3. The van der Waals surface area contributed by atoms with E-state index in [1.165, 1.54) is 5.56 Å². The molecule has 0 radical (unpaired) electrons. The van der Waals surface area contributed by atoms with E-state index in [2.05, 4.69) is 28.3 Å². The van der Waals surface area contributed by atoms with E-state index in [9.17, 15) is 0 Å². The van der Waals surface area contributed by atoms with E-state index in [4.69, 9.17) is 0 Å². The van der Waals surface area contributed by atoms with Gasteiger partial charge in [0.25, 0.3) is 0 Å². The Morgan fingerprint density at radius 3 is 2.94 bits per heavy atom. The fraction of sp³-hybridized carbons (Fsp3) is 0.273. The van der Waals surface area contributed by atoms with Crippen molar-refractivity contribution >= 4 is 28.9 Å².